The Hall–Kier alpha value is -2.03. The summed E-state index contributed by atoms with van der Waals surface area (Å²) in [7, 11) is 0. The summed E-state index contributed by atoms with van der Waals surface area (Å²) in [4.78, 5) is 32.5. The standard InChI is InChI=1S/C17H19FN4O2S.ClH/c18-13-3-1-2-12(10-13)16(23)21-6-8-22(9-7-21)17(24)14-11-25-15(20-14)4-5-19;/h1-3,10-11H,4-9,19H2;1H. The quantitative estimate of drug-likeness (QED) is 0.851. The van der Waals surface area contributed by atoms with E-state index >= 15 is 0 Å². The van der Waals surface area contributed by atoms with Crippen LogP contribution >= 0.6 is 23.7 Å². The highest BCUT2D eigenvalue weighted by Crippen LogP contribution is 2.15. The molecule has 1 aromatic heterocycles. The topological polar surface area (TPSA) is 79.5 Å². The number of nitrogens with zero attached hydrogens (tertiary/aromatic N) is 3. The minimum atomic E-state index is -0.434. The lowest BCUT2D eigenvalue weighted by atomic mass is 10.1. The molecule has 0 aliphatic carbocycles. The molecule has 0 atom stereocenters. The first-order valence-corrected chi connectivity index (χ1v) is 8.95. The molecule has 140 valence electrons. The summed E-state index contributed by atoms with van der Waals surface area (Å²) in [5, 5.41) is 2.60. The van der Waals surface area contributed by atoms with Crippen LogP contribution in [0.3, 0.4) is 0 Å². The minimum Gasteiger partial charge on any atom is -0.335 e. The first-order valence-electron chi connectivity index (χ1n) is 8.07. The van der Waals surface area contributed by atoms with Crippen molar-refractivity contribution in [3.63, 3.8) is 0 Å². The van der Waals surface area contributed by atoms with Crippen LogP contribution in [0.4, 0.5) is 4.39 Å². The van der Waals surface area contributed by atoms with E-state index < -0.39 is 5.82 Å². The van der Waals surface area contributed by atoms with Gasteiger partial charge in [-0.25, -0.2) is 9.37 Å². The molecule has 1 fully saturated rings. The van der Waals surface area contributed by atoms with E-state index in [0.29, 0.717) is 50.4 Å². The Morgan fingerprint density at radius 3 is 2.42 bits per heavy atom. The fourth-order valence-corrected chi connectivity index (χ4v) is 3.51. The number of carbonyl (C=O) groups is 2. The van der Waals surface area contributed by atoms with Gasteiger partial charge in [0.2, 0.25) is 0 Å². The second-order valence-electron chi connectivity index (χ2n) is 5.76. The Bertz CT molecular complexity index is 778. The zero-order chi connectivity index (χ0) is 17.8. The molecule has 1 aromatic carbocycles. The summed E-state index contributed by atoms with van der Waals surface area (Å²) in [5.41, 5.74) is 6.25. The average molecular weight is 399 g/mol. The molecule has 0 saturated carbocycles. The third-order valence-corrected chi connectivity index (χ3v) is 4.96. The van der Waals surface area contributed by atoms with Gasteiger partial charge in [0.15, 0.2) is 0 Å². The van der Waals surface area contributed by atoms with Gasteiger partial charge in [-0.2, -0.15) is 0 Å². The highest BCUT2D eigenvalue weighted by Gasteiger charge is 2.26. The molecule has 1 saturated heterocycles. The predicted octanol–water partition coefficient (Wildman–Crippen LogP) is 1.80. The summed E-state index contributed by atoms with van der Waals surface area (Å²) in [6.45, 7) is 2.21. The van der Waals surface area contributed by atoms with E-state index in [0.717, 1.165) is 5.01 Å². The van der Waals surface area contributed by atoms with Crippen LogP contribution < -0.4 is 5.73 Å². The number of rotatable bonds is 4. The number of nitrogens with two attached hydrogens (primary N) is 1. The van der Waals surface area contributed by atoms with Gasteiger partial charge in [-0.15, -0.1) is 23.7 Å². The van der Waals surface area contributed by atoms with Gasteiger partial charge >= 0.3 is 0 Å². The maximum atomic E-state index is 13.3. The molecule has 3 rings (SSSR count). The Morgan fingerprint density at radius 1 is 1.15 bits per heavy atom. The van der Waals surface area contributed by atoms with Crippen molar-refractivity contribution in [2.45, 2.75) is 6.42 Å². The molecular weight excluding hydrogens is 379 g/mol. The molecule has 9 heteroatoms. The normalized spacial score (nSPS) is 14.1. The lowest BCUT2D eigenvalue weighted by Gasteiger charge is -2.34. The lowest BCUT2D eigenvalue weighted by molar-refractivity contribution is 0.0532. The number of aromatic nitrogens is 1. The van der Waals surface area contributed by atoms with E-state index in [1.165, 1.54) is 29.5 Å². The molecule has 0 spiro atoms. The van der Waals surface area contributed by atoms with Gasteiger partial charge in [0.25, 0.3) is 11.8 Å². The van der Waals surface area contributed by atoms with Crippen LogP contribution in [-0.2, 0) is 6.42 Å². The first kappa shape index (κ1) is 20.3. The van der Waals surface area contributed by atoms with Gasteiger partial charge in [0.05, 0.1) is 5.01 Å². The third kappa shape index (κ3) is 4.57. The van der Waals surface area contributed by atoms with Gasteiger partial charge in [0, 0.05) is 43.5 Å². The molecule has 2 heterocycles. The summed E-state index contributed by atoms with van der Waals surface area (Å²) in [5.74, 6) is -0.778. The number of thiazole rings is 1. The number of benzene rings is 1. The zero-order valence-electron chi connectivity index (χ0n) is 14.1. The van der Waals surface area contributed by atoms with Gasteiger partial charge in [-0.3, -0.25) is 9.59 Å². The van der Waals surface area contributed by atoms with Crippen molar-refractivity contribution < 1.29 is 14.0 Å². The number of piperazine rings is 1. The zero-order valence-corrected chi connectivity index (χ0v) is 15.7. The largest absolute Gasteiger partial charge is 0.335 e. The lowest BCUT2D eigenvalue weighted by Crippen LogP contribution is -2.50. The van der Waals surface area contributed by atoms with Gasteiger partial charge in [-0.1, -0.05) is 6.07 Å². The fraction of sp³-hybridized carbons (Fsp3) is 0.353. The molecule has 2 aromatic rings. The minimum absolute atomic E-state index is 0. The maximum Gasteiger partial charge on any atom is 0.273 e. The highest BCUT2D eigenvalue weighted by molar-refractivity contribution is 7.09. The van der Waals surface area contributed by atoms with E-state index in [2.05, 4.69) is 4.98 Å². The van der Waals surface area contributed by atoms with Crippen LogP contribution in [0.15, 0.2) is 29.6 Å². The van der Waals surface area contributed by atoms with Crippen molar-refractivity contribution in [2.24, 2.45) is 5.73 Å². The van der Waals surface area contributed by atoms with E-state index in [-0.39, 0.29) is 24.2 Å². The monoisotopic (exact) mass is 398 g/mol. The van der Waals surface area contributed by atoms with Crippen LogP contribution in [0.2, 0.25) is 0 Å². The Balaban J connectivity index is 0.00000243. The van der Waals surface area contributed by atoms with Crippen LogP contribution in [0, 0.1) is 5.82 Å². The second-order valence-corrected chi connectivity index (χ2v) is 6.70. The molecule has 2 N–H and O–H groups in total. The van der Waals surface area contributed by atoms with E-state index in [1.54, 1.807) is 21.2 Å². The Kier molecular flexibility index (Phi) is 7.07. The van der Waals surface area contributed by atoms with Gasteiger partial charge in [-0.05, 0) is 24.7 Å². The van der Waals surface area contributed by atoms with E-state index in [4.69, 9.17) is 5.73 Å². The molecule has 0 bridgehead atoms. The molecule has 2 amide bonds. The van der Waals surface area contributed by atoms with Crippen molar-refractivity contribution >= 4 is 35.6 Å². The number of halogens is 2. The van der Waals surface area contributed by atoms with Crippen molar-refractivity contribution in [1.82, 2.24) is 14.8 Å². The number of hydrogen-bond donors (Lipinski definition) is 1. The molecule has 1 aliphatic heterocycles. The van der Waals surface area contributed by atoms with Crippen molar-refractivity contribution in [3.05, 3.63) is 51.7 Å². The fourth-order valence-electron chi connectivity index (χ4n) is 2.73. The third-order valence-electron chi connectivity index (χ3n) is 4.05. The average Bonchev–Trinajstić information content (AvgIpc) is 3.09. The van der Waals surface area contributed by atoms with E-state index in [9.17, 15) is 14.0 Å². The summed E-state index contributed by atoms with van der Waals surface area (Å²) < 4.78 is 13.3. The van der Waals surface area contributed by atoms with Gasteiger partial charge < -0.3 is 15.5 Å². The predicted molar refractivity (Wildman–Crippen MR) is 100 cm³/mol. The molecular formula is C17H20ClFN4O2S. The van der Waals surface area contributed by atoms with Crippen molar-refractivity contribution in [3.8, 4) is 0 Å². The molecule has 26 heavy (non-hydrogen) atoms. The maximum absolute atomic E-state index is 13.3. The Labute approximate surface area is 161 Å². The van der Waals surface area contributed by atoms with Gasteiger partial charge in [0.1, 0.15) is 11.5 Å². The molecule has 1 aliphatic rings. The molecule has 0 unspecified atom stereocenters. The first-order chi connectivity index (χ1) is 12.1. The van der Waals surface area contributed by atoms with Crippen LogP contribution in [-0.4, -0.2) is 59.3 Å². The molecule has 6 nitrogen and oxygen atoms in total. The van der Waals surface area contributed by atoms with Crippen LogP contribution in [0.5, 0.6) is 0 Å². The van der Waals surface area contributed by atoms with Crippen LogP contribution in [0.1, 0.15) is 25.9 Å². The van der Waals surface area contributed by atoms with Crippen LogP contribution in [0.25, 0.3) is 0 Å². The Morgan fingerprint density at radius 2 is 1.81 bits per heavy atom. The van der Waals surface area contributed by atoms with Crippen molar-refractivity contribution in [1.29, 1.82) is 0 Å². The summed E-state index contributed by atoms with van der Waals surface area (Å²) in [6, 6.07) is 5.65. The number of amides is 2. The second kappa shape index (κ2) is 9.07. The highest BCUT2D eigenvalue weighted by atomic mass is 35.5. The van der Waals surface area contributed by atoms with Crippen molar-refractivity contribution in [2.75, 3.05) is 32.7 Å². The number of hydrogen-bond acceptors (Lipinski definition) is 5. The number of carbonyl (C=O) groups excluding carboxylic acids is 2. The summed E-state index contributed by atoms with van der Waals surface area (Å²) >= 11 is 1.43. The SMILES string of the molecule is Cl.NCCc1nc(C(=O)N2CCN(C(=O)c3cccc(F)c3)CC2)cs1. The smallest absolute Gasteiger partial charge is 0.273 e. The molecule has 0 radical (unpaired) electrons. The summed E-state index contributed by atoms with van der Waals surface area (Å²) in [6.07, 6.45) is 0.661. The van der Waals surface area contributed by atoms with E-state index in [1.807, 2.05) is 0 Å².